The summed E-state index contributed by atoms with van der Waals surface area (Å²) < 4.78 is 1.54. The van der Waals surface area contributed by atoms with Crippen LogP contribution in [0.15, 0.2) is 39.7 Å². The molecule has 2 nitrogen and oxygen atoms in total. The first kappa shape index (κ1) is 14.8. The van der Waals surface area contributed by atoms with E-state index in [2.05, 4.69) is 51.9 Å². The first-order valence-electron chi connectivity index (χ1n) is 6.04. The van der Waals surface area contributed by atoms with Gasteiger partial charge in [-0.1, -0.05) is 44.3 Å². The molecule has 0 saturated heterocycles. The lowest BCUT2D eigenvalue weighted by Crippen LogP contribution is -2.02. The quantitative estimate of drug-likeness (QED) is 0.595. The highest BCUT2D eigenvalue weighted by atomic mass is 79.9. The minimum atomic E-state index is 0.388. The number of aromatic amines is 1. The van der Waals surface area contributed by atoms with E-state index in [1.807, 2.05) is 18.2 Å². The summed E-state index contributed by atoms with van der Waals surface area (Å²) in [5.41, 5.74) is 1.11. The third-order valence-electron chi connectivity index (χ3n) is 2.64. The molecule has 19 heavy (non-hydrogen) atoms. The van der Waals surface area contributed by atoms with Crippen molar-refractivity contribution in [2.24, 2.45) is 0 Å². The van der Waals surface area contributed by atoms with E-state index in [-0.39, 0.29) is 0 Å². The lowest BCUT2D eigenvalue weighted by molar-refractivity contribution is 0.788. The Kier molecular flexibility index (Phi) is 5.19. The van der Waals surface area contributed by atoms with Gasteiger partial charge in [-0.05, 0) is 34.0 Å². The third-order valence-corrected chi connectivity index (χ3v) is 5.02. The molecular weight excluding hydrogens is 340 g/mol. The molecular formula is C14H15BrN2S2. The van der Waals surface area contributed by atoms with Crippen molar-refractivity contribution in [3.8, 4) is 0 Å². The Morgan fingerprint density at radius 3 is 2.63 bits per heavy atom. The molecule has 0 bridgehead atoms. The van der Waals surface area contributed by atoms with Gasteiger partial charge >= 0.3 is 0 Å². The van der Waals surface area contributed by atoms with E-state index in [0.29, 0.717) is 10.6 Å². The zero-order valence-electron chi connectivity index (χ0n) is 10.8. The zero-order valence-corrected chi connectivity index (χ0v) is 14.0. The van der Waals surface area contributed by atoms with Crippen LogP contribution in [-0.4, -0.2) is 9.97 Å². The topological polar surface area (TPSA) is 28.7 Å². The van der Waals surface area contributed by atoms with Crippen molar-refractivity contribution in [2.45, 2.75) is 30.4 Å². The van der Waals surface area contributed by atoms with Crippen LogP contribution in [0, 0.1) is 4.64 Å². The molecule has 1 aromatic heterocycles. The third kappa shape index (κ3) is 3.91. The fraction of sp³-hybridized carbons (Fsp3) is 0.286. The van der Waals surface area contributed by atoms with Crippen LogP contribution in [-0.2, 0) is 5.75 Å². The fourth-order valence-corrected chi connectivity index (χ4v) is 3.32. The summed E-state index contributed by atoms with van der Waals surface area (Å²) >= 11 is 10.6. The summed E-state index contributed by atoms with van der Waals surface area (Å²) in [5, 5.41) is 0. The maximum Gasteiger partial charge on any atom is 0.144 e. The standard InChI is InChI=1S/C14H15BrN2S2/c1-9(2)13-12(15)14(18)17-11(16-13)8-19-10-6-4-3-5-7-10/h3-7,9H,8H2,1-2H3,(H,16,17,18). The van der Waals surface area contributed by atoms with Crippen molar-refractivity contribution < 1.29 is 0 Å². The number of halogens is 1. The highest BCUT2D eigenvalue weighted by Crippen LogP contribution is 2.26. The number of hydrogen-bond donors (Lipinski definition) is 1. The number of hydrogen-bond acceptors (Lipinski definition) is 3. The van der Waals surface area contributed by atoms with Gasteiger partial charge in [0.25, 0.3) is 0 Å². The minimum Gasteiger partial charge on any atom is -0.345 e. The molecule has 0 saturated carbocycles. The van der Waals surface area contributed by atoms with Crippen molar-refractivity contribution in [2.75, 3.05) is 0 Å². The second kappa shape index (κ2) is 6.68. The fourth-order valence-electron chi connectivity index (χ4n) is 1.66. The highest BCUT2D eigenvalue weighted by molar-refractivity contribution is 9.10. The van der Waals surface area contributed by atoms with Gasteiger partial charge in [-0.3, -0.25) is 0 Å². The number of nitrogens with one attached hydrogen (secondary N) is 1. The maximum absolute atomic E-state index is 5.29. The predicted molar refractivity (Wildman–Crippen MR) is 87.2 cm³/mol. The van der Waals surface area contributed by atoms with Crippen molar-refractivity contribution in [1.29, 1.82) is 0 Å². The molecule has 5 heteroatoms. The van der Waals surface area contributed by atoms with Gasteiger partial charge in [-0.25, -0.2) is 4.98 Å². The van der Waals surface area contributed by atoms with E-state index < -0.39 is 0 Å². The summed E-state index contributed by atoms with van der Waals surface area (Å²) in [4.78, 5) is 9.03. The lowest BCUT2D eigenvalue weighted by atomic mass is 10.1. The van der Waals surface area contributed by atoms with Gasteiger partial charge in [-0.2, -0.15) is 0 Å². The number of nitrogens with zero attached hydrogens (tertiary/aromatic N) is 1. The van der Waals surface area contributed by atoms with Gasteiger partial charge in [0, 0.05) is 10.6 Å². The van der Waals surface area contributed by atoms with Crippen LogP contribution >= 0.6 is 39.9 Å². The normalized spacial score (nSPS) is 10.9. The molecule has 100 valence electrons. The number of thioether (sulfide) groups is 1. The zero-order chi connectivity index (χ0) is 13.8. The van der Waals surface area contributed by atoms with Crippen LogP contribution in [0.3, 0.4) is 0 Å². The summed E-state index contributed by atoms with van der Waals surface area (Å²) in [6.45, 7) is 4.28. The maximum atomic E-state index is 5.29. The van der Waals surface area contributed by atoms with Crippen LogP contribution in [0.25, 0.3) is 0 Å². The van der Waals surface area contributed by atoms with Crippen LogP contribution in [0.5, 0.6) is 0 Å². The van der Waals surface area contributed by atoms with Crippen LogP contribution in [0.2, 0.25) is 0 Å². The molecule has 0 radical (unpaired) electrons. The summed E-state index contributed by atoms with van der Waals surface area (Å²) in [7, 11) is 0. The molecule has 0 amide bonds. The molecule has 0 spiro atoms. The Bertz CT molecular complexity index is 609. The predicted octanol–water partition coefficient (Wildman–Crippen LogP) is 5.32. The van der Waals surface area contributed by atoms with Crippen molar-refractivity contribution in [1.82, 2.24) is 9.97 Å². The molecule has 2 aromatic rings. The average molecular weight is 355 g/mol. The average Bonchev–Trinajstić information content (AvgIpc) is 2.41. The number of benzene rings is 1. The number of H-pyrrole nitrogens is 1. The Balaban J connectivity index is 2.20. The Labute approximate surface area is 131 Å². The summed E-state index contributed by atoms with van der Waals surface area (Å²) in [6.07, 6.45) is 0. The Hall–Kier alpha value is -0.650. The second-order valence-corrected chi connectivity index (χ2v) is 6.70. The number of rotatable bonds is 4. The highest BCUT2D eigenvalue weighted by Gasteiger charge is 2.09. The van der Waals surface area contributed by atoms with Crippen LogP contribution in [0.4, 0.5) is 0 Å². The molecule has 1 N–H and O–H groups in total. The molecule has 2 rings (SSSR count). The molecule has 0 atom stereocenters. The Morgan fingerprint density at radius 2 is 2.00 bits per heavy atom. The molecule has 0 aliphatic carbocycles. The van der Waals surface area contributed by atoms with Gasteiger partial charge < -0.3 is 4.98 Å². The lowest BCUT2D eigenvalue weighted by Gasteiger charge is -2.11. The van der Waals surface area contributed by atoms with Crippen LogP contribution in [0.1, 0.15) is 31.3 Å². The molecule has 0 unspecified atom stereocenters. The molecule has 1 heterocycles. The van der Waals surface area contributed by atoms with Gasteiger partial charge in [0.2, 0.25) is 0 Å². The minimum absolute atomic E-state index is 0.388. The van der Waals surface area contributed by atoms with E-state index in [1.54, 1.807) is 11.8 Å². The van der Waals surface area contributed by atoms with Gasteiger partial charge in [0.05, 0.1) is 10.2 Å². The summed E-state index contributed by atoms with van der Waals surface area (Å²) in [5.74, 6) is 2.10. The monoisotopic (exact) mass is 354 g/mol. The van der Waals surface area contributed by atoms with Crippen molar-refractivity contribution in [3.05, 3.63) is 51.0 Å². The van der Waals surface area contributed by atoms with Gasteiger partial charge in [-0.15, -0.1) is 11.8 Å². The summed E-state index contributed by atoms with van der Waals surface area (Å²) in [6, 6.07) is 10.3. The second-order valence-electron chi connectivity index (χ2n) is 4.47. The van der Waals surface area contributed by atoms with E-state index >= 15 is 0 Å². The first-order chi connectivity index (χ1) is 9.08. The van der Waals surface area contributed by atoms with Gasteiger partial charge in [0.1, 0.15) is 10.5 Å². The molecule has 0 aliphatic heterocycles. The molecule has 0 aliphatic rings. The largest absolute Gasteiger partial charge is 0.345 e. The van der Waals surface area contributed by atoms with E-state index in [9.17, 15) is 0 Å². The number of aromatic nitrogens is 2. The molecule has 0 fully saturated rings. The first-order valence-corrected chi connectivity index (χ1v) is 8.23. The van der Waals surface area contributed by atoms with Crippen molar-refractivity contribution >= 4 is 39.9 Å². The van der Waals surface area contributed by atoms with Crippen molar-refractivity contribution in [3.63, 3.8) is 0 Å². The van der Waals surface area contributed by atoms with E-state index in [0.717, 1.165) is 21.7 Å². The van der Waals surface area contributed by atoms with Crippen LogP contribution < -0.4 is 0 Å². The smallest absolute Gasteiger partial charge is 0.144 e. The van der Waals surface area contributed by atoms with Gasteiger partial charge in [0.15, 0.2) is 0 Å². The van der Waals surface area contributed by atoms with E-state index in [1.165, 1.54) is 4.90 Å². The molecule has 1 aromatic carbocycles. The van der Waals surface area contributed by atoms with E-state index in [4.69, 9.17) is 12.2 Å². The Morgan fingerprint density at radius 1 is 1.32 bits per heavy atom. The SMILES string of the molecule is CC(C)c1[nH]c(CSc2ccccc2)nc(=S)c1Br.